The van der Waals surface area contributed by atoms with Crippen LogP contribution in [-0.4, -0.2) is 18.1 Å². The average Bonchev–Trinajstić information content (AvgIpc) is 2.19. The van der Waals surface area contributed by atoms with Crippen molar-refractivity contribution in [3.8, 4) is 0 Å². The highest BCUT2D eigenvalue weighted by molar-refractivity contribution is 14.1. The largest absolute Gasteiger partial charge is 0.465 e. The molecule has 0 unspecified atom stereocenters. The van der Waals surface area contributed by atoms with Gasteiger partial charge in [-0.15, -0.1) is 0 Å². The van der Waals surface area contributed by atoms with E-state index in [2.05, 4.69) is 9.72 Å². The van der Waals surface area contributed by atoms with Gasteiger partial charge in [-0.25, -0.2) is 18.6 Å². The summed E-state index contributed by atoms with van der Waals surface area (Å²) in [7, 11) is 1.16. The second-order valence-corrected chi connectivity index (χ2v) is 3.66. The number of aromatic nitrogens is 1. The van der Waals surface area contributed by atoms with Crippen molar-refractivity contribution in [1.29, 1.82) is 0 Å². The number of rotatable bonds is 2. The number of hydrogen-bond acceptors (Lipinski definition) is 4. The Balaban J connectivity index is 3.34. The van der Waals surface area contributed by atoms with E-state index in [9.17, 15) is 13.6 Å². The number of nitrogens with two attached hydrogens (primary N) is 1. The summed E-state index contributed by atoms with van der Waals surface area (Å²) < 4.78 is 29.5. The van der Waals surface area contributed by atoms with Gasteiger partial charge in [0.25, 0.3) is 6.43 Å². The van der Waals surface area contributed by atoms with E-state index < -0.39 is 18.1 Å². The highest BCUT2D eigenvalue weighted by Crippen LogP contribution is 2.27. The molecule has 4 nitrogen and oxygen atoms in total. The number of carbonyl (C=O) groups excluding carboxylic acids is 1. The van der Waals surface area contributed by atoms with Crippen LogP contribution in [0.15, 0.2) is 6.07 Å². The van der Waals surface area contributed by atoms with Gasteiger partial charge in [-0.05, 0) is 28.7 Å². The predicted octanol–water partition coefficient (Wildman–Crippen LogP) is 1.99. The van der Waals surface area contributed by atoms with Crippen LogP contribution in [0.5, 0.6) is 0 Å². The summed E-state index contributed by atoms with van der Waals surface area (Å²) in [6.45, 7) is 0. The van der Waals surface area contributed by atoms with Crippen LogP contribution < -0.4 is 5.73 Å². The van der Waals surface area contributed by atoms with E-state index in [0.29, 0.717) is 0 Å². The number of alkyl halides is 2. The minimum Gasteiger partial charge on any atom is -0.465 e. The van der Waals surface area contributed by atoms with E-state index in [0.717, 1.165) is 7.11 Å². The Morgan fingerprint density at radius 3 is 2.73 bits per heavy atom. The number of ether oxygens (including phenoxy) is 1. The third-order valence-electron chi connectivity index (χ3n) is 1.62. The Kier molecular flexibility index (Phi) is 3.77. The molecule has 0 bridgehead atoms. The lowest BCUT2D eigenvalue weighted by Gasteiger charge is -2.08. The van der Waals surface area contributed by atoms with Gasteiger partial charge < -0.3 is 10.5 Å². The van der Waals surface area contributed by atoms with Gasteiger partial charge in [0.1, 0.15) is 11.5 Å². The van der Waals surface area contributed by atoms with Crippen LogP contribution in [0.1, 0.15) is 22.5 Å². The Bertz CT molecular complexity index is 398. The smallest absolute Gasteiger partial charge is 0.339 e. The molecule has 0 radical (unpaired) electrons. The molecule has 0 atom stereocenters. The molecule has 0 spiro atoms. The van der Waals surface area contributed by atoms with E-state index in [1.807, 2.05) is 0 Å². The van der Waals surface area contributed by atoms with Crippen LogP contribution in [0, 0.1) is 3.57 Å². The molecule has 7 heteroatoms. The Morgan fingerprint density at radius 1 is 1.67 bits per heavy atom. The number of nitrogen functional groups attached to an aromatic ring is 1. The molecule has 1 rings (SSSR count). The summed E-state index contributed by atoms with van der Waals surface area (Å²) in [4.78, 5) is 14.7. The highest BCUT2D eigenvalue weighted by atomic mass is 127. The quantitative estimate of drug-likeness (QED) is 0.666. The van der Waals surface area contributed by atoms with Crippen molar-refractivity contribution in [2.75, 3.05) is 12.8 Å². The van der Waals surface area contributed by atoms with Crippen LogP contribution in [0.3, 0.4) is 0 Å². The number of carbonyl (C=O) groups is 1. The van der Waals surface area contributed by atoms with Gasteiger partial charge in [0.2, 0.25) is 0 Å². The first-order chi connectivity index (χ1) is 6.97. The number of esters is 1. The van der Waals surface area contributed by atoms with Crippen LogP contribution in [0.4, 0.5) is 14.6 Å². The Labute approximate surface area is 98.0 Å². The molecular formula is C8H7F2IN2O2. The van der Waals surface area contributed by atoms with Gasteiger partial charge in [0.05, 0.1) is 16.2 Å². The third kappa shape index (κ3) is 2.52. The number of hydrogen-bond donors (Lipinski definition) is 1. The zero-order valence-electron chi connectivity index (χ0n) is 7.63. The second-order valence-electron chi connectivity index (χ2n) is 2.59. The summed E-state index contributed by atoms with van der Waals surface area (Å²) in [5, 5.41) is 0. The lowest BCUT2D eigenvalue weighted by Crippen LogP contribution is -2.10. The predicted molar refractivity (Wildman–Crippen MR) is 57.7 cm³/mol. The Morgan fingerprint density at radius 2 is 2.27 bits per heavy atom. The number of methoxy groups -OCH3 is 1. The molecule has 0 fully saturated rings. The molecule has 0 aliphatic heterocycles. The van der Waals surface area contributed by atoms with Gasteiger partial charge in [0, 0.05) is 0 Å². The average molecular weight is 328 g/mol. The molecule has 1 aromatic heterocycles. The minimum atomic E-state index is -2.77. The van der Waals surface area contributed by atoms with Crippen molar-refractivity contribution in [1.82, 2.24) is 4.98 Å². The van der Waals surface area contributed by atoms with Crippen molar-refractivity contribution >= 4 is 34.4 Å². The lowest BCUT2D eigenvalue weighted by atomic mass is 10.2. The molecule has 82 valence electrons. The number of halogens is 3. The van der Waals surface area contributed by atoms with Crippen molar-refractivity contribution in [2.45, 2.75) is 6.43 Å². The molecule has 0 aliphatic carbocycles. The first-order valence-electron chi connectivity index (χ1n) is 3.79. The summed E-state index contributed by atoms with van der Waals surface area (Å²) >= 11 is 1.61. The molecule has 2 N–H and O–H groups in total. The Hall–Kier alpha value is -0.990. The van der Waals surface area contributed by atoms with E-state index in [-0.39, 0.29) is 15.0 Å². The summed E-state index contributed by atoms with van der Waals surface area (Å²) in [6.07, 6.45) is -2.77. The molecular weight excluding hydrogens is 321 g/mol. The van der Waals surface area contributed by atoms with Gasteiger partial charge in [-0.1, -0.05) is 0 Å². The topological polar surface area (TPSA) is 65.2 Å². The van der Waals surface area contributed by atoms with Gasteiger partial charge in [-0.3, -0.25) is 0 Å². The molecule has 0 aliphatic rings. The fourth-order valence-electron chi connectivity index (χ4n) is 0.973. The van der Waals surface area contributed by atoms with E-state index in [1.54, 1.807) is 22.6 Å². The number of pyridine rings is 1. The maximum atomic E-state index is 12.5. The fraction of sp³-hybridized carbons (Fsp3) is 0.250. The molecule has 0 saturated heterocycles. The number of nitrogens with zero attached hydrogens (tertiary/aromatic N) is 1. The maximum Gasteiger partial charge on any atom is 0.339 e. The third-order valence-corrected chi connectivity index (χ3v) is 2.75. The molecule has 0 amide bonds. The summed E-state index contributed by atoms with van der Waals surface area (Å²) in [5.41, 5.74) is 4.80. The van der Waals surface area contributed by atoms with Gasteiger partial charge >= 0.3 is 5.97 Å². The SMILES string of the molecule is COC(=O)c1cc(N)nc(C(F)F)c1I. The highest BCUT2D eigenvalue weighted by Gasteiger charge is 2.21. The first-order valence-corrected chi connectivity index (χ1v) is 4.87. The van der Waals surface area contributed by atoms with Crippen LogP contribution in [-0.2, 0) is 4.74 Å². The van der Waals surface area contributed by atoms with Gasteiger partial charge in [-0.2, -0.15) is 0 Å². The van der Waals surface area contributed by atoms with E-state index in [4.69, 9.17) is 5.73 Å². The van der Waals surface area contributed by atoms with Crippen molar-refractivity contribution in [3.63, 3.8) is 0 Å². The maximum absolute atomic E-state index is 12.5. The van der Waals surface area contributed by atoms with Crippen molar-refractivity contribution in [3.05, 3.63) is 20.9 Å². The zero-order chi connectivity index (χ0) is 11.6. The van der Waals surface area contributed by atoms with Crippen molar-refractivity contribution in [2.24, 2.45) is 0 Å². The molecule has 15 heavy (non-hydrogen) atoms. The standard InChI is InChI=1S/C8H7F2IN2O2/c1-15-8(14)3-2-4(12)13-6(5(3)11)7(9)10/h2,7H,1H3,(H2,12,13). The van der Waals surface area contributed by atoms with Gasteiger partial charge in [0.15, 0.2) is 0 Å². The molecule has 0 saturated carbocycles. The van der Waals surface area contributed by atoms with Crippen LogP contribution in [0.25, 0.3) is 0 Å². The normalized spacial score (nSPS) is 10.5. The van der Waals surface area contributed by atoms with E-state index >= 15 is 0 Å². The fourth-order valence-corrected chi connectivity index (χ4v) is 1.70. The van der Waals surface area contributed by atoms with E-state index in [1.165, 1.54) is 6.07 Å². The minimum absolute atomic E-state index is 0.000833. The summed E-state index contributed by atoms with van der Waals surface area (Å²) in [6, 6.07) is 1.21. The molecule has 1 aromatic rings. The zero-order valence-corrected chi connectivity index (χ0v) is 9.79. The molecule has 1 heterocycles. The monoisotopic (exact) mass is 328 g/mol. The first kappa shape index (κ1) is 12.1. The lowest BCUT2D eigenvalue weighted by molar-refractivity contribution is 0.0598. The van der Waals surface area contributed by atoms with Crippen molar-refractivity contribution < 1.29 is 18.3 Å². The van der Waals surface area contributed by atoms with Crippen LogP contribution in [0.2, 0.25) is 0 Å². The summed E-state index contributed by atoms with van der Waals surface area (Å²) in [5.74, 6) is -0.846. The second kappa shape index (κ2) is 4.69. The number of anilines is 1. The van der Waals surface area contributed by atoms with Crippen LogP contribution >= 0.6 is 22.6 Å². The molecule has 0 aromatic carbocycles.